The van der Waals surface area contributed by atoms with Crippen LogP contribution < -0.4 is 4.74 Å². The number of methoxy groups -OCH3 is 1. The molecule has 2 aromatic rings. The first-order valence-electron chi connectivity index (χ1n) is 10.0. The molecule has 0 saturated carbocycles. The number of amidine groups is 1. The number of rotatable bonds is 6. The lowest BCUT2D eigenvalue weighted by Crippen LogP contribution is -2.51. The number of hydrogen-bond acceptors (Lipinski definition) is 8. The van der Waals surface area contributed by atoms with Gasteiger partial charge in [-0.2, -0.15) is 8.42 Å². The van der Waals surface area contributed by atoms with E-state index in [1.54, 1.807) is 13.4 Å². The van der Waals surface area contributed by atoms with Crippen LogP contribution in [-0.2, 0) is 19.1 Å². The lowest BCUT2D eigenvalue weighted by molar-refractivity contribution is 0.0386. The summed E-state index contributed by atoms with van der Waals surface area (Å²) in [5.41, 5.74) is 3.85. The second-order valence-corrected chi connectivity index (χ2v) is 9.32. The van der Waals surface area contributed by atoms with E-state index in [0.29, 0.717) is 6.61 Å². The maximum Gasteiger partial charge on any atom is 0.264 e. The Hall–Kier alpha value is -2.85. The Balaban J connectivity index is 1.59. The minimum atomic E-state index is -3.51. The van der Waals surface area contributed by atoms with Crippen molar-refractivity contribution in [2.75, 3.05) is 33.1 Å². The van der Waals surface area contributed by atoms with Crippen molar-refractivity contribution in [3.05, 3.63) is 47.6 Å². The monoisotopic (exact) mass is 446 g/mol. The van der Waals surface area contributed by atoms with Gasteiger partial charge in [-0.05, 0) is 49.1 Å². The fourth-order valence-electron chi connectivity index (χ4n) is 3.81. The topological polar surface area (TPSA) is 95.3 Å². The van der Waals surface area contributed by atoms with E-state index in [1.807, 2.05) is 35.9 Å². The fourth-order valence-corrected chi connectivity index (χ4v) is 4.22. The van der Waals surface area contributed by atoms with E-state index in [-0.39, 0.29) is 12.6 Å². The molecule has 0 bridgehead atoms. The minimum absolute atomic E-state index is 0.0397. The summed E-state index contributed by atoms with van der Waals surface area (Å²) in [7, 11) is -1.87. The Labute approximate surface area is 182 Å². The van der Waals surface area contributed by atoms with E-state index in [2.05, 4.69) is 21.1 Å². The predicted octanol–water partition coefficient (Wildman–Crippen LogP) is 2.36. The maximum absolute atomic E-state index is 11.4. The van der Waals surface area contributed by atoms with Crippen molar-refractivity contribution < 1.29 is 22.2 Å². The highest BCUT2D eigenvalue weighted by molar-refractivity contribution is 7.85. The summed E-state index contributed by atoms with van der Waals surface area (Å²) in [6.07, 6.45) is 8.61. The molecule has 1 fully saturated rings. The first-order valence-corrected chi connectivity index (χ1v) is 11.9. The molecule has 166 valence electrons. The SMILES string of the molecule is COc1cc(C=C2CCCN3C2=NOC[C@@H]3COS(C)(=O)=O)ccc1-n1cnc(C)c1. The third kappa shape index (κ3) is 4.91. The molecule has 9 nitrogen and oxygen atoms in total. The van der Waals surface area contributed by atoms with E-state index in [1.165, 1.54) is 0 Å². The molecule has 0 radical (unpaired) electrons. The Morgan fingerprint density at radius 2 is 2.19 bits per heavy atom. The van der Waals surface area contributed by atoms with Crippen molar-refractivity contribution in [2.24, 2.45) is 5.16 Å². The molecule has 0 amide bonds. The van der Waals surface area contributed by atoms with Crippen LogP contribution in [0.2, 0.25) is 0 Å². The predicted molar refractivity (Wildman–Crippen MR) is 117 cm³/mol. The van der Waals surface area contributed by atoms with Crippen LogP contribution >= 0.6 is 0 Å². The molecule has 1 aromatic carbocycles. The summed E-state index contributed by atoms with van der Waals surface area (Å²) >= 11 is 0. The van der Waals surface area contributed by atoms with Gasteiger partial charge in [0, 0.05) is 12.7 Å². The number of ether oxygens (including phenoxy) is 1. The van der Waals surface area contributed by atoms with Gasteiger partial charge in [-0.25, -0.2) is 4.98 Å². The molecule has 2 aliphatic rings. The number of benzene rings is 1. The zero-order chi connectivity index (χ0) is 22.0. The largest absolute Gasteiger partial charge is 0.495 e. The summed E-state index contributed by atoms with van der Waals surface area (Å²) in [5.74, 6) is 1.47. The Morgan fingerprint density at radius 1 is 1.35 bits per heavy atom. The van der Waals surface area contributed by atoms with Gasteiger partial charge in [0.25, 0.3) is 10.1 Å². The fraction of sp³-hybridized carbons (Fsp3) is 0.429. The van der Waals surface area contributed by atoms with Crippen molar-refractivity contribution >= 4 is 22.0 Å². The van der Waals surface area contributed by atoms with Crippen LogP contribution in [0.5, 0.6) is 5.75 Å². The molecule has 10 heteroatoms. The van der Waals surface area contributed by atoms with Gasteiger partial charge in [0.1, 0.15) is 12.4 Å². The Bertz CT molecular complexity index is 1120. The third-order valence-corrected chi connectivity index (χ3v) is 5.84. The van der Waals surface area contributed by atoms with Crippen molar-refractivity contribution in [3.63, 3.8) is 0 Å². The van der Waals surface area contributed by atoms with Gasteiger partial charge in [-0.3, -0.25) is 4.18 Å². The zero-order valence-electron chi connectivity index (χ0n) is 17.8. The van der Waals surface area contributed by atoms with Gasteiger partial charge in [-0.15, -0.1) is 0 Å². The summed E-state index contributed by atoms with van der Waals surface area (Å²) in [5, 5.41) is 4.26. The van der Waals surface area contributed by atoms with Crippen molar-refractivity contribution in [1.29, 1.82) is 0 Å². The number of imidazole rings is 1. The Morgan fingerprint density at radius 3 is 2.90 bits per heavy atom. The molecule has 1 saturated heterocycles. The van der Waals surface area contributed by atoms with Gasteiger partial charge in [-0.1, -0.05) is 11.2 Å². The number of hydrogen-bond donors (Lipinski definition) is 0. The number of piperidine rings is 1. The molecular weight excluding hydrogens is 420 g/mol. The average Bonchev–Trinajstić information content (AvgIpc) is 3.18. The average molecular weight is 447 g/mol. The molecular formula is C21H26N4O5S. The van der Waals surface area contributed by atoms with Gasteiger partial charge in [0.05, 0.1) is 43.7 Å². The van der Waals surface area contributed by atoms with E-state index in [0.717, 1.165) is 59.7 Å². The number of aryl methyl sites for hydroxylation is 1. The molecule has 2 aliphatic heterocycles. The number of nitrogens with zero attached hydrogens (tertiary/aromatic N) is 4. The number of fused-ring (bicyclic) bond motifs is 1. The molecule has 3 heterocycles. The second-order valence-electron chi connectivity index (χ2n) is 7.67. The van der Waals surface area contributed by atoms with Crippen molar-refractivity contribution in [3.8, 4) is 11.4 Å². The molecule has 0 spiro atoms. The standard InChI is InChI=1S/C21H26N4O5S/c1-15-11-24(14-22-15)19-7-6-16(10-20(19)28-2)9-17-5-4-8-25-18(12-29-23-21(17)25)13-30-31(3,26)27/h6-7,9-11,14,18H,4-5,8,12-13H2,1-3H3/t18-/m1/s1. The van der Waals surface area contributed by atoms with Gasteiger partial charge in [0.15, 0.2) is 5.84 Å². The van der Waals surface area contributed by atoms with E-state index >= 15 is 0 Å². The summed E-state index contributed by atoms with van der Waals surface area (Å²) in [6.45, 7) is 3.05. The second kappa shape index (κ2) is 8.72. The minimum Gasteiger partial charge on any atom is -0.495 e. The van der Waals surface area contributed by atoms with Crippen molar-refractivity contribution in [1.82, 2.24) is 14.5 Å². The van der Waals surface area contributed by atoms with Crippen LogP contribution in [0.4, 0.5) is 0 Å². The van der Waals surface area contributed by atoms with Crippen molar-refractivity contribution in [2.45, 2.75) is 25.8 Å². The zero-order valence-corrected chi connectivity index (χ0v) is 18.6. The molecule has 0 unspecified atom stereocenters. The number of aromatic nitrogens is 2. The Kier molecular flexibility index (Phi) is 6.01. The van der Waals surface area contributed by atoms with Crippen LogP contribution in [0, 0.1) is 6.92 Å². The third-order valence-electron chi connectivity index (χ3n) is 5.27. The van der Waals surface area contributed by atoms with Gasteiger partial charge in [0.2, 0.25) is 0 Å². The van der Waals surface area contributed by atoms with Crippen LogP contribution in [0.15, 0.2) is 41.5 Å². The number of oxime groups is 1. The van der Waals surface area contributed by atoms with Gasteiger partial charge >= 0.3 is 0 Å². The summed E-state index contributed by atoms with van der Waals surface area (Å²) in [6, 6.07) is 5.79. The lowest BCUT2D eigenvalue weighted by Gasteiger charge is -2.39. The van der Waals surface area contributed by atoms with Crippen LogP contribution in [0.3, 0.4) is 0 Å². The van der Waals surface area contributed by atoms with E-state index in [9.17, 15) is 8.42 Å². The quantitative estimate of drug-likeness (QED) is 0.629. The van der Waals surface area contributed by atoms with Crippen LogP contribution in [0.25, 0.3) is 11.8 Å². The molecule has 1 aromatic heterocycles. The summed E-state index contributed by atoms with van der Waals surface area (Å²) < 4.78 is 35.3. The summed E-state index contributed by atoms with van der Waals surface area (Å²) in [4.78, 5) is 11.8. The smallest absolute Gasteiger partial charge is 0.264 e. The van der Waals surface area contributed by atoms with Crippen LogP contribution in [0.1, 0.15) is 24.1 Å². The first-order chi connectivity index (χ1) is 14.8. The highest BCUT2D eigenvalue weighted by Gasteiger charge is 2.32. The van der Waals surface area contributed by atoms with Crippen LogP contribution in [-0.4, -0.2) is 67.9 Å². The maximum atomic E-state index is 11.4. The van der Waals surface area contributed by atoms with E-state index in [4.69, 9.17) is 13.8 Å². The molecule has 31 heavy (non-hydrogen) atoms. The molecule has 1 atom stereocenters. The van der Waals surface area contributed by atoms with Gasteiger partial charge < -0.3 is 19.0 Å². The van der Waals surface area contributed by atoms with E-state index < -0.39 is 10.1 Å². The highest BCUT2D eigenvalue weighted by Crippen LogP contribution is 2.29. The molecule has 4 rings (SSSR count). The normalized spacial score (nSPS) is 20.2. The lowest BCUT2D eigenvalue weighted by atomic mass is 9.98. The first kappa shape index (κ1) is 21.4. The molecule has 0 aliphatic carbocycles. The highest BCUT2D eigenvalue weighted by atomic mass is 32.2. The molecule has 0 N–H and O–H groups in total.